The van der Waals surface area contributed by atoms with Crippen molar-refractivity contribution >= 4 is 29.9 Å². The average Bonchev–Trinajstić information content (AvgIpc) is 3.32. The van der Waals surface area contributed by atoms with E-state index in [2.05, 4.69) is 20.5 Å². The number of hydrogen-bond acceptors (Lipinski definition) is 3. The normalized spacial score (nSPS) is 20.9. The van der Waals surface area contributed by atoms with Crippen molar-refractivity contribution in [3.05, 3.63) is 35.1 Å². The van der Waals surface area contributed by atoms with Gasteiger partial charge in [0, 0.05) is 44.8 Å². The third-order valence-electron chi connectivity index (χ3n) is 5.45. The summed E-state index contributed by atoms with van der Waals surface area (Å²) < 4.78 is 13.9. The number of nitrogens with zero attached hydrogens (tertiary/aromatic N) is 3. The molecule has 2 aliphatic rings. The molecule has 0 aromatic heterocycles. The topological polar surface area (TPSA) is 63.5 Å². The summed E-state index contributed by atoms with van der Waals surface area (Å²) in [5.41, 5.74) is 0.936. The van der Waals surface area contributed by atoms with Crippen molar-refractivity contribution < 1.29 is 4.39 Å². The van der Waals surface area contributed by atoms with Crippen molar-refractivity contribution in [1.29, 1.82) is 5.26 Å². The number of guanidine groups is 1. The Hall–Kier alpha value is -1.40. The van der Waals surface area contributed by atoms with Crippen LogP contribution in [0.5, 0.6) is 0 Å². The molecule has 0 bridgehead atoms. The molecule has 1 unspecified atom stereocenters. The Morgan fingerprint density at radius 1 is 1.33 bits per heavy atom. The maximum absolute atomic E-state index is 13.9. The van der Waals surface area contributed by atoms with E-state index < -0.39 is 0 Å². The minimum absolute atomic E-state index is 0. The summed E-state index contributed by atoms with van der Waals surface area (Å²) in [5.74, 6) is 1.25. The van der Waals surface area contributed by atoms with E-state index in [1.54, 1.807) is 13.1 Å². The van der Waals surface area contributed by atoms with Gasteiger partial charge in [-0.1, -0.05) is 12.8 Å². The number of likely N-dealkylation sites (tertiary alicyclic amines) is 1. The molecular formula is C20H29FIN5. The zero-order valence-electron chi connectivity index (χ0n) is 15.9. The summed E-state index contributed by atoms with van der Waals surface area (Å²) in [6.07, 6.45) is 6.64. The van der Waals surface area contributed by atoms with E-state index in [4.69, 9.17) is 5.26 Å². The Bertz CT molecular complexity index is 681. The molecule has 0 radical (unpaired) electrons. The number of halogens is 2. The molecule has 148 valence electrons. The molecular weight excluding hydrogens is 456 g/mol. The Morgan fingerprint density at radius 3 is 2.81 bits per heavy atom. The highest BCUT2D eigenvalue weighted by Gasteiger charge is 2.26. The van der Waals surface area contributed by atoms with Crippen LogP contribution in [-0.4, -0.2) is 43.6 Å². The zero-order valence-corrected chi connectivity index (χ0v) is 18.2. The van der Waals surface area contributed by atoms with Gasteiger partial charge in [-0.05, 0) is 43.4 Å². The van der Waals surface area contributed by atoms with Gasteiger partial charge in [-0.3, -0.25) is 4.99 Å². The summed E-state index contributed by atoms with van der Waals surface area (Å²) in [6.45, 7) is 3.69. The largest absolute Gasteiger partial charge is 0.352 e. The highest BCUT2D eigenvalue weighted by Crippen LogP contribution is 2.26. The number of hydrogen-bond donors (Lipinski definition) is 2. The Morgan fingerprint density at radius 2 is 2.11 bits per heavy atom. The second kappa shape index (κ2) is 10.8. The molecule has 1 aromatic carbocycles. The van der Waals surface area contributed by atoms with Gasteiger partial charge in [0.2, 0.25) is 0 Å². The molecule has 3 rings (SSSR count). The maximum atomic E-state index is 13.9. The molecule has 0 spiro atoms. The SMILES string of the molecule is CN=C(NCc1cc(C#N)ccc1F)NC1CCN(CC2CCCC2)C1.I. The molecule has 1 aliphatic carbocycles. The van der Waals surface area contributed by atoms with Crippen molar-refractivity contribution in [3.63, 3.8) is 0 Å². The molecule has 7 heteroatoms. The molecule has 1 heterocycles. The van der Waals surface area contributed by atoms with E-state index in [1.165, 1.54) is 44.4 Å². The lowest BCUT2D eigenvalue weighted by Gasteiger charge is -2.21. The van der Waals surface area contributed by atoms with Crippen LogP contribution in [0.25, 0.3) is 0 Å². The first kappa shape index (κ1) is 21.9. The monoisotopic (exact) mass is 485 g/mol. The Labute approximate surface area is 178 Å². The van der Waals surface area contributed by atoms with Crippen LogP contribution in [0.15, 0.2) is 23.2 Å². The van der Waals surface area contributed by atoms with E-state index in [1.807, 2.05) is 6.07 Å². The molecule has 5 nitrogen and oxygen atoms in total. The van der Waals surface area contributed by atoms with Crippen molar-refractivity contribution in [1.82, 2.24) is 15.5 Å². The lowest BCUT2D eigenvalue weighted by molar-refractivity contribution is 0.275. The van der Waals surface area contributed by atoms with Gasteiger partial charge in [0.05, 0.1) is 11.6 Å². The highest BCUT2D eigenvalue weighted by molar-refractivity contribution is 14.0. The zero-order chi connectivity index (χ0) is 18.4. The predicted octanol–water partition coefficient (Wildman–Crippen LogP) is 3.24. The molecule has 1 saturated carbocycles. The van der Waals surface area contributed by atoms with Gasteiger partial charge in [0.1, 0.15) is 5.82 Å². The second-order valence-electron chi connectivity index (χ2n) is 7.38. The summed E-state index contributed by atoms with van der Waals surface area (Å²) in [6, 6.07) is 6.82. The average molecular weight is 485 g/mol. The van der Waals surface area contributed by atoms with E-state index >= 15 is 0 Å². The summed E-state index contributed by atoms with van der Waals surface area (Å²) >= 11 is 0. The molecule has 1 atom stereocenters. The molecule has 2 fully saturated rings. The summed E-state index contributed by atoms with van der Waals surface area (Å²) in [5, 5.41) is 15.6. The van der Waals surface area contributed by atoms with Gasteiger partial charge in [-0.2, -0.15) is 5.26 Å². The van der Waals surface area contributed by atoms with Crippen LogP contribution in [0.1, 0.15) is 43.2 Å². The lowest BCUT2D eigenvalue weighted by atomic mass is 10.1. The van der Waals surface area contributed by atoms with Crippen molar-refractivity contribution in [2.45, 2.75) is 44.7 Å². The van der Waals surface area contributed by atoms with E-state index in [9.17, 15) is 4.39 Å². The smallest absolute Gasteiger partial charge is 0.191 e. The number of nitrogens with one attached hydrogen (secondary N) is 2. The third kappa shape index (κ3) is 6.32. The fourth-order valence-electron chi connectivity index (χ4n) is 4.02. The van der Waals surface area contributed by atoms with Crippen molar-refractivity contribution in [3.8, 4) is 6.07 Å². The van der Waals surface area contributed by atoms with Crippen LogP contribution >= 0.6 is 24.0 Å². The maximum Gasteiger partial charge on any atom is 0.191 e. The molecule has 1 aromatic rings. The standard InChI is InChI=1S/C20H28FN5.HI/c1-23-20(24-12-17-10-16(11-22)6-7-19(17)21)25-18-8-9-26(14-18)13-15-4-2-3-5-15;/h6-7,10,15,18H,2-5,8-9,12-14H2,1H3,(H2,23,24,25);1H. The van der Waals surface area contributed by atoms with Gasteiger partial charge in [0.15, 0.2) is 5.96 Å². The minimum Gasteiger partial charge on any atom is -0.352 e. The van der Waals surface area contributed by atoms with Crippen molar-refractivity contribution in [2.75, 3.05) is 26.7 Å². The fraction of sp³-hybridized carbons (Fsp3) is 0.600. The number of nitriles is 1. The molecule has 1 saturated heterocycles. The van der Waals surface area contributed by atoms with E-state index in [-0.39, 0.29) is 29.8 Å². The van der Waals surface area contributed by atoms with E-state index in [0.717, 1.165) is 25.4 Å². The van der Waals surface area contributed by atoms with Crippen LogP contribution < -0.4 is 10.6 Å². The highest BCUT2D eigenvalue weighted by atomic mass is 127. The molecule has 27 heavy (non-hydrogen) atoms. The van der Waals surface area contributed by atoms with Crippen LogP contribution in [0.3, 0.4) is 0 Å². The first-order valence-electron chi connectivity index (χ1n) is 9.56. The number of rotatable bonds is 5. The third-order valence-corrected chi connectivity index (χ3v) is 5.45. The molecule has 2 N–H and O–H groups in total. The molecule has 0 amide bonds. The predicted molar refractivity (Wildman–Crippen MR) is 117 cm³/mol. The molecule has 1 aliphatic heterocycles. The van der Waals surface area contributed by atoms with Crippen molar-refractivity contribution in [2.24, 2.45) is 10.9 Å². The number of aliphatic imine (C=N–C) groups is 1. The first-order chi connectivity index (χ1) is 12.7. The van der Waals surface area contributed by atoms with Gasteiger partial charge in [-0.15, -0.1) is 24.0 Å². The fourth-order valence-corrected chi connectivity index (χ4v) is 4.02. The summed E-state index contributed by atoms with van der Waals surface area (Å²) in [7, 11) is 1.72. The van der Waals surface area contributed by atoms with Gasteiger partial charge >= 0.3 is 0 Å². The van der Waals surface area contributed by atoms with Gasteiger partial charge < -0.3 is 15.5 Å². The quantitative estimate of drug-likeness (QED) is 0.382. The van der Waals surface area contributed by atoms with Crippen LogP contribution in [-0.2, 0) is 6.54 Å². The van der Waals surface area contributed by atoms with Crippen LogP contribution in [0, 0.1) is 23.1 Å². The second-order valence-corrected chi connectivity index (χ2v) is 7.38. The Balaban J connectivity index is 0.00000261. The Kier molecular flexibility index (Phi) is 8.77. The van der Waals surface area contributed by atoms with Crippen LogP contribution in [0.4, 0.5) is 4.39 Å². The lowest BCUT2D eigenvalue weighted by Crippen LogP contribution is -2.44. The van der Waals surface area contributed by atoms with Gasteiger partial charge in [-0.25, -0.2) is 4.39 Å². The minimum atomic E-state index is -0.310. The van der Waals surface area contributed by atoms with Gasteiger partial charge in [0.25, 0.3) is 0 Å². The number of benzene rings is 1. The summed E-state index contributed by atoms with van der Waals surface area (Å²) in [4.78, 5) is 6.81. The van der Waals surface area contributed by atoms with E-state index in [0.29, 0.717) is 29.7 Å². The first-order valence-corrected chi connectivity index (χ1v) is 9.56. The van der Waals surface area contributed by atoms with Crippen LogP contribution in [0.2, 0.25) is 0 Å².